The lowest BCUT2D eigenvalue weighted by molar-refractivity contribution is 0.590. The molecule has 0 aliphatic rings. The Kier molecular flexibility index (Phi) is 7.72. The first-order valence-corrected chi connectivity index (χ1v) is 17.4. The van der Waals surface area contributed by atoms with Crippen molar-refractivity contribution in [1.29, 1.82) is 0 Å². The normalized spacial score (nSPS) is 12.8. The molecule has 1 nitrogen and oxygen atoms in total. The number of hydrogen-bond donors (Lipinski definition) is 0. The lowest BCUT2D eigenvalue weighted by Gasteiger charge is -2.23. The van der Waals surface area contributed by atoms with E-state index in [1.54, 1.807) is 11.3 Å². The van der Waals surface area contributed by atoms with Crippen LogP contribution < -0.4 is 27.3 Å². The summed E-state index contributed by atoms with van der Waals surface area (Å²) in [6.45, 7) is 18.2. The molecule has 2 aromatic heterocycles. The highest BCUT2D eigenvalue weighted by molar-refractivity contribution is 7.26. The molecule has 7 rings (SSSR count). The summed E-state index contributed by atoms with van der Waals surface area (Å²) in [6.07, 6.45) is 0. The van der Waals surface area contributed by atoms with Crippen molar-refractivity contribution >= 4 is 120 Å². The molecule has 0 atom stereocenters. The highest BCUT2D eigenvalue weighted by atomic mass is 32.1. The molecule has 2 heterocycles. The maximum atomic E-state index is 6.66. The zero-order valence-electron chi connectivity index (χ0n) is 29.2. The van der Waals surface area contributed by atoms with Crippen molar-refractivity contribution in [2.45, 2.75) is 72.1 Å². The maximum Gasteiger partial charge on any atom is 0.113 e. The van der Waals surface area contributed by atoms with Crippen LogP contribution in [0.2, 0.25) is 0 Å². The maximum absolute atomic E-state index is 6.66. The average molecular weight is 629 g/mol. The molecule has 5 aromatic carbocycles. The smallest absolute Gasteiger partial charge is 0.113 e. The summed E-state index contributed by atoms with van der Waals surface area (Å²) >= 11 is 1.77. The number of rotatable bonds is 3. The molecule has 226 valence electrons. The molecule has 0 fully saturated rings. The number of aromatic nitrogens is 1. The predicted molar refractivity (Wildman–Crippen MR) is 218 cm³/mol. The van der Waals surface area contributed by atoms with E-state index in [0.29, 0.717) is 16.5 Å². The molecular weight excluding hydrogens is 593 g/mol. The fourth-order valence-corrected chi connectivity index (χ4v) is 8.42. The second-order valence-corrected chi connectivity index (χ2v) is 16.6. The summed E-state index contributed by atoms with van der Waals surface area (Å²) in [5.41, 5.74) is 10.5. The summed E-state index contributed by atoms with van der Waals surface area (Å²) in [4.78, 5) is 0. The van der Waals surface area contributed by atoms with Crippen LogP contribution in [0.15, 0.2) is 66.7 Å². The van der Waals surface area contributed by atoms with Gasteiger partial charge in [0.1, 0.15) is 39.2 Å². The van der Waals surface area contributed by atoms with Crippen molar-refractivity contribution in [3.63, 3.8) is 0 Å². The Labute approximate surface area is 295 Å². The molecule has 0 amide bonds. The van der Waals surface area contributed by atoms with Crippen LogP contribution in [0.5, 0.6) is 0 Å². The van der Waals surface area contributed by atoms with Gasteiger partial charge in [0.05, 0.1) is 16.7 Å². The van der Waals surface area contributed by atoms with Gasteiger partial charge in [-0.25, -0.2) is 0 Å². The van der Waals surface area contributed by atoms with Gasteiger partial charge < -0.3 is 4.57 Å². The van der Waals surface area contributed by atoms with Crippen molar-refractivity contribution in [2.24, 2.45) is 0 Å². The highest BCUT2D eigenvalue weighted by Crippen LogP contribution is 2.46. The molecule has 0 bridgehead atoms. The molecule has 48 heavy (non-hydrogen) atoms. The zero-order valence-corrected chi connectivity index (χ0v) is 30.0. The minimum atomic E-state index is 0.0246. The third kappa shape index (κ3) is 4.94. The van der Waals surface area contributed by atoms with Crippen molar-refractivity contribution in [2.75, 3.05) is 0 Å². The Morgan fingerprint density at radius 2 is 1.08 bits per heavy atom. The van der Waals surface area contributed by atoms with Crippen molar-refractivity contribution in [3.8, 4) is 16.8 Å². The van der Waals surface area contributed by atoms with Crippen LogP contribution in [0.25, 0.3) is 58.8 Å². The van der Waals surface area contributed by atoms with E-state index in [-0.39, 0.29) is 33.1 Å². The number of thiophene rings is 1. The predicted octanol–water partition coefficient (Wildman–Crippen LogP) is 6.51. The van der Waals surface area contributed by atoms with E-state index in [4.69, 9.17) is 39.2 Å². The van der Waals surface area contributed by atoms with E-state index in [2.05, 4.69) is 121 Å². The lowest BCUT2D eigenvalue weighted by atomic mass is 9.59. The Bertz CT molecular complexity index is 2350. The Morgan fingerprint density at radius 1 is 0.583 bits per heavy atom. The standard InChI is InChI=1S/C41H36B5NS/c1-20(2)31-28(47-26-14-12-21(40(3,4)5)18-24(26)25-19-22(41(6,7)8)13-15-27(25)47)16-17-30-34(31)32-23(10-9-11-29(32)48-30)33-35(42)37(44)39(46)38(45)36(33)43/h9-20H,1-8H3. The molecule has 0 N–H and O–H groups in total. The van der Waals surface area contributed by atoms with E-state index >= 15 is 0 Å². The summed E-state index contributed by atoms with van der Waals surface area (Å²) < 4.78 is 4.80. The number of fused-ring (bicyclic) bond motifs is 6. The number of hydrogen-bond acceptors (Lipinski definition) is 1. The minimum Gasteiger partial charge on any atom is -0.309 e. The molecule has 0 aliphatic carbocycles. The highest BCUT2D eigenvalue weighted by Gasteiger charge is 2.25. The van der Waals surface area contributed by atoms with E-state index in [1.807, 2.05) is 6.07 Å². The Balaban J connectivity index is 1.64. The largest absolute Gasteiger partial charge is 0.309 e. The molecule has 7 heteroatoms. The van der Waals surface area contributed by atoms with Crippen LogP contribution in [0.4, 0.5) is 0 Å². The van der Waals surface area contributed by atoms with Gasteiger partial charge in [0, 0.05) is 30.9 Å². The molecule has 0 spiro atoms. The fraction of sp³-hybridized carbons (Fsp3) is 0.268. The zero-order chi connectivity index (χ0) is 34.6. The van der Waals surface area contributed by atoms with Crippen molar-refractivity contribution in [3.05, 3.63) is 83.4 Å². The summed E-state index contributed by atoms with van der Waals surface area (Å²) in [7, 11) is 32.3. The first-order chi connectivity index (χ1) is 22.5. The van der Waals surface area contributed by atoms with Crippen LogP contribution in [0, 0.1) is 0 Å². The van der Waals surface area contributed by atoms with Gasteiger partial charge in [-0.15, -0.1) is 27.7 Å². The molecule has 0 aliphatic heterocycles. The van der Waals surface area contributed by atoms with Crippen molar-refractivity contribution < 1.29 is 0 Å². The third-order valence-corrected chi connectivity index (χ3v) is 11.1. The SMILES string of the molecule is [B]c1c([B])c([B])c(-c2cccc3sc4ccc(-n5c6ccc(C(C)(C)C)cc6c6cc(C(C)(C)C)ccc65)c(C(C)C)c4c23)c([B])c1[B]. The van der Waals surface area contributed by atoms with Gasteiger partial charge in [-0.3, -0.25) is 0 Å². The molecular formula is C41H36B5NS. The molecule has 0 unspecified atom stereocenters. The Hall–Kier alpha value is -3.56. The summed E-state index contributed by atoms with van der Waals surface area (Å²) in [5, 5.41) is 4.82. The molecule has 7 aromatic rings. The van der Waals surface area contributed by atoms with Gasteiger partial charge in [0.25, 0.3) is 0 Å². The monoisotopic (exact) mass is 629 g/mol. The minimum absolute atomic E-state index is 0.0246. The van der Waals surface area contributed by atoms with Gasteiger partial charge in [-0.2, -0.15) is 0 Å². The first kappa shape index (κ1) is 33.0. The van der Waals surface area contributed by atoms with Gasteiger partial charge in [-0.1, -0.05) is 90.6 Å². The van der Waals surface area contributed by atoms with Gasteiger partial charge in [-0.05, 0) is 87.0 Å². The van der Waals surface area contributed by atoms with E-state index in [0.717, 1.165) is 21.3 Å². The van der Waals surface area contributed by atoms with Gasteiger partial charge in [0.2, 0.25) is 0 Å². The number of benzene rings is 5. The molecule has 0 saturated carbocycles. The first-order valence-electron chi connectivity index (χ1n) is 16.6. The third-order valence-electron chi connectivity index (χ3n) is 9.96. The second kappa shape index (κ2) is 11.2. The second-order valence-electron chi connectivity index (χ2n) is 15.5. The average Bonchev–Trinajstić information content (AvgIpc) is 3.57. The van der Waals surface area contributed by atoms with Crippen LogP contribution in [-0.2, 0) is 10.8 Å². The number of nitrogens with zero attached hydrogens (tertiary/aromatic N) is 1. The van der Waals surface area contributed by atoms with Crippen LogP contribution in [0.1, 0.15) is 78.0 Å². The van der Waals surface area contributed by atoms with Crippen LogP contribution >= 0.6 is 11.3 Å². The summed E-state index contributed by atoms with van der Waals surface area (Å²) in [6, 6.07) is 24.8. The quantitative estimate of drug-likeness (QED) is 0.197. The van der Waals surface area contributed by atoms with E-state index in [9.17, 15) is 0 Å². The van der Waals surface area contributed by atoms with Crippen LogP contribution in [0.3, 0.4) is 0 Å². The summed E-state index contributed by atoms with van der Waals surface area (Å²) in [5.74, 6) is 0.195. The molecule has 10 radical (unpaired) electrons. The van der Waals surface area contributed by atoms with E-state index in [1.165, 1.54) is 48.6 Å². The lowest BCUT2D eigenvalue weighted by Crippen LogP contribution is -2.55. The topological polar surface area (TPSA) is 4.93 Å². The van der Waals surface area contributed by atoms with Crippen LogP contribution in [-0.4, -0.2) is 43.8 Å². The fourth-order valence-electron chi connectivity index (χ4n) is 7.27. The van der Waals surface area contributed by atoms with Gasteiger partial charge in [0.15, 0.2) is 0 Å². The van der Waals surface area contributed by atoms with Gasteiger partial charge >= 0.3 is 0 Å². The van der Waals surface area contributed by atoms with Crippen molar-refractivity contribution in [1.82, 2.24) is 4.57 Å². The Morgan fingerprint density at radius 3 is 1.58 bits per heavy atom. The van der Waals surface area contributed by atoms with E-state index < -0.39 is 0 Å². The molecule has 0 saturated heterocycles.